The van der Waals surface area contributed by atoms with Gasteiger partial charge in [-0.2, -0.15) is 5.10 Å². The molecule has 0 radical (unpaired) electrons. The Bertz CT molecular complexity index is 358. The predicted molar refractivity (Wildman–Crippen MR) is 60.8 cm³/mol. The fourth-order valence-electron chi connectivity index (χ4n) is 1.44. The van der Waals surface area contributed by atoms with E-state index in [-0.39, 0.29) is 11.2 Å². The molecule has 1 heterocycles. The first-order chi connectivity index (χ1) is 6.84. The van der Waals surface area contributed by atoms with Crippen LogP contribution in [0.25, 0.3) is 0 Å². The summed E-state index contributed by atoms with van der Waals surface area (Å²) in [6, 6.07) is 1.99. The van der Waals surface area contributed by atoms with Crippen LogP contribution in [-0.2, 0) is 17.8 Å². The van der Waals surface area contributed by atoms with Gasteiger partial charge < -0.3 is 0 Å². The van der Waals surface area contributed by atoms with Crippen LogP contribution >= 0.6 is 0 Å². The van der Waals surface area contributed by atoms with Crippen LogP contribution in [0, 0.1) is 12.3 Å². The van der Waals surface area contributed by atoms with Crippen LogP contribution < -0.4 is 0 Å². The molecule has 0 N–H and O–H groups in total. The van der Waals surface area contributed by atoms with Crippen molar-refractivity contribution in [2.75, 3.05) is 0 Å². The number of aromatic nitrogens is 2. The molecule has 0 aliphatic rings. The molecule has 1 rings (SSSR count). The van der Waals surface area contributed by atoms with Crippen molar-refractivity contribution in [3.8, 4) is 0 Å². The van der Waals surface area contributed by atoms with Crippen LogP contribution in [0.1, 0.15) is 39.1 Å². The average molecular weight is 208 g/mol. The highest BCUT2D eigenvalue weighted by Gasteiger charge is 2.22. The lowest BCUT2D eigenvalue weighted by Crippen LogP contribution is -2.23. The second-order valence-electron chi connectivity index (χ2n) is 4.94. The average Bonchev–Trinajstić information content (AvgIpc) is 2.44. The maximum absolute atomic E-state index is 11.9. The molecule has 0 aliphatic heterocycles. The first kappa shape index (κ1) is 12.0. The van der Waals surface area contributed by atoms with E-state index in [9.17, 15) is 4.79 Å². The van der Waals surface area contributed by atoms with Crippen LogP contribution in [0.3, 0.4) is 0 Å². The zero-order valence-corrected chi connectivity index (χ0v) is 10.3. The second kappa shape index (κ2) is 4.17. The SMILES string of the molecule is CCn1nc(C)cc1CC(=O)C(C)(C)C. The zero-order chi connectivity index (χ0) is 11.6. The van der Waals surface area contributed by atoms with Gasteiger partial charge in [0.1, 0.15) is 5.78 Å². The molecule has 0 aliphatic carbocycles. The maximum Gasteiger partial charge on any atom is 0.144 e. The van der Waals surface area contributed by atoms with Gasteiger partial charge in [0.15, 0.2) is 0 Å². The van der Waals surface area contributed by atoms with E-state index in [2.05, 4.69) is 5.10 Å². The molecule has 0 saturated carbocycles. The Morgan fingerprint density at radius 2 is 2.07 bits per heavy atom. The number of carbonyl (C=O) groups excluding carboxylic acids is 1. The number of carbonyl (C=O) groups is 1. The number of rotatable bonds is 3. The summed E-state index contributed by atoms with van der Waals surface area (Å²) in [5, 5.41) is 4.33. The topological polar surface area (TPSA) is 34.9 Å². The highest BCUT2D eigenvalue weighted by Crippen LogP contribution is 2.18. The minimum Gasteiger partial charge on any atom is -0.299 e. The summed E-state index contributed by atoms with van der Waals surface area (Å²) in [4.78, 5) is 11.9. The third-order valence-electron chi connectivity index (χ3n) is 2.46. The Balaban J connectivity index is 2.85. The van der Waals surface area contributed by atoms with Crippen LogP contribution in [0.4, 0.5) is 0 Å². The Hall–Kier alpha value is -1.12. The molecule has 0 amide bonds. The lowest BCUT2D eigenvalue weighted by molar-refractivity contribution is -0.125. The molecule has 3 nitrogen and oxygen atoms in total. The second-order valence-corrected chi connectivity index (χ2v) is 4.94. The summed E-state index contributed by atoms with van der Waals surface area (Å²) < 4.78 is 1.90. The van der Waals surface area contributed by atoms with Crippen molar-refractivity contribution in [2.45, 2.75) is 47.6 Å². The van der Waals surface area contributed by atoms with E-state index in [1.807, 2.05) is 45.4 Å². The van der Waals surface area contributed by atoms with Gasteiger partial charge >= 0.3 is 0 Å². The number of Topliss-reactive ketones (excluding diaryl/α,β-unsaturated/α-hetero) is 1. The third kappa shape index (κ3) is 2.91. The van der Waals surface area contributed by atoms with Crippen molar-refractivity contribution in [1.82, 2.24) is 9.78 Å². The number of aryl methyl sites for hydroxylation is 2. The van der Waals surface area contributed by atoms with E-state index < -0.39 is 0 Å². The van der Waals surface area contributed by atoms with Gasteiger partial charge in [0, 0.05) is 24.1 Å². The van der Waals surface area contributed by atoms with Crippen molar-refractivity contribution in [2.24, 2.45) is 5.41 Å². The molecular formula is C12H20N2O. The molecule has 1 aromatic heterocycles. The molecule has 0 aromatic carbocycles. The van der Waals surface area contributed by atoms with Crippen LogP contribution in [0.5, 0.6) is 0 Å². The van der Waals surface area contributed by atoms with E-state index in [4.69, 9.17) is 0 Å². The van der Waals surface area contributed by atoms with Crippen molar-refractivity contribution in [3.63, 3.8) is 0 Å². The van der Waals surface area contributed by atoms with Gasteiger partial charge in [0.2, 0.25) is 0 Å². The monoisotopic (exact) mass is 208 g/mol. The highest BCUT2D eigenvalue weighted by molar-refractivity contribution is 5.85. The summed E-state index contributed by atoms with van der Waals surface area (Å²) in [7, 11) is 0. The number of hydrogen-bond acceptors (Lipinski definition) is 2. The molecule has 0 spiro atoms. The summed E-state index contributed by atoms with van der Waals surface area (Å²) >= 11 is 0. The minimum absolute atomic E-state index is 0.261. The molecule has 3 heteroatoms. The number of hydrogen-bond donors (Lipinski definition) is 0. The molecule has 84 valence electrons. The normalized spacial score (nSPS) is 11.8. The minimum atomic E-state index is -0.267. The van der Waals surface area contributed by atoms with Crippen molar-refractivity contribution >= 4 is 5.78 Å². The van der Waals surface area contributed by atoms with E-state index >= 15 is 0 Å². The van der Waals surface area contributed by atoms with Gasteiger partial charge in [-0.25, -0.2) is 0 Å². The summed E-state index contributed by atoms with van der Waals surface area (Å²) in [5.41, 5.74) is 1.74. The molecule has 0 bridgehead atoms. The van der Waals surface area contributed by atoms with Crippen LogP contribution in [-0.4, -0.2) is 15.6 Å². The van der Waals surface area contributed by atoms with E-state index in [1.54, 1.807) is 0 Å². The summed E-state index contributed by atoms with van der Waals surface area (Å²) in [6.45, 7) is 10.7. The Kier molecular flexibility index (Phi) is 3.32. The third-order valence-corrected chi connectivity index (χ3v) is 2.46. The standard InChI is InChI=1S/C12H20N2O/c1-6-14-10(7-9(2)13-14)8-11(15)12(3,4)5/h7H,6,8H2,1-5H3. The quantitative estimate of drug-likeness (QED) is 0.764. The van der Waals surface area contributed by atoms with Gasteiger partial charge in [-0.05, 0) is 19.9 Å². The van der Waals surface area contributed by atoms with Crippen LogP contribution in [0.15, 0.2) is 6.07 Å². The number of nitrogens with zero attached hydrogens (tertiary/aromatic N) is 2. The first-order valence-electron chi connectivity index (χ1n) is 5.41. The molecule has 0 unspecified atom stereocenters. The van der Waals surface area contributed by atoms with E-state index in [1.165, 1.54) is 0 Å². The Morgan fingerprint density at radius 3 is 2.53 bits per heavy atom. The predicted octanol–water partition coefficient (Wildman–Crippen LogP) is 2.37. The molecule has 15 heavy (non-hydrogen) atoms. The first-order valence-corrected chi connectivity index (χ1v) is 5.41. The fourth-order valence-corrected chi connectivity index (χ4v) is 1.44. The van der Waals surface area contributed by atoms with Crippen molar-refractivity contribution in [1.29, 1.82) is 0 Å². The molecular weight excluding hydrogens is 188 g/mol. The largest absolute Gasteiger partial charge is 0.299 e. The fraction of sp³-hybridized carbons (Fsp3) is 0.667. The summed E-state index contributed by atoms with van der Waals surface area (Å²) in [6.07, 6.45) is 0.484. The van der Waals surface area contributed by atoms with Crippen molar-refractivity contribution in [3.05, 3.63) is 17.5 Å². The lowest BCUT2D eigenvalue weighted by Gasteiger charge is -2.16. The summed E-state index contributed by atoms with van der Waals surface area (Å²) in [5.74, 6) is 0.261. The molecule has 0 saturated heterocycles. The smallest absolute Gasteiger partial charge is 0.144 e. The molecule has 1 aromatic rings. The van der Waals surface area contributed by atoms with Gasteiger partial charge in [-0.3, -0.25) is 9.48 Å². The maximum atomic E-state index is 11.9. The van der Waals surface area contributed by atoms with Crippen molar-refractivity contribution < 1.29 is 4.79 Å². The highest BCUT2D eigenvalue weighted by atomic mass is 16.1. The van der Waals surface area contributed by atoms with E-state index in [0.29, 0.717) is 6.42 Å². The number of ketones is 1. The van der Waals surface area contributed by atoms with Gasteiger partial charge in [-0.1, -0.05) is 20.8 Å². The van der Waals surface area contributed by atoms with E-state index in [0.717, 1.165) is 17.9 Å². The van der Waals surface area contributed by atoms with Gasteiger partial charge in [-0.15, -0.1) is 0 Å². The van der Waals surface area contributed by atoms with Gasteiger partial charge in [0.25, 0.3) is 0 Å². The Morgan fingerprint density at radius 1 is 1.47 bits per heavy atom. The van der Waals surface area contributed by atoms with Crippen LogP contribution in [0.2, 0.25) is 0 Å². The lowest BCUT2D eigenvalue weighted by atomic mass is 9.88. The zero-order valence-electron chi connectivity index (χ0n) is 10.3. The van der Waals surface area contributed by atoms with Gasteiger partial charge in [0.05, 0.1) is 5.69 Å². The Labute approximate surface area is 91.5 Å². The molecule has 0 fully saturated rings. The molecule has 0 atom stereocenters.